The van der Waals surface area contributed by atoms with Gasteiger partial charge in [-0.1, -0.05) is 24.1 Å². The van der Waals surface area contributed by atoms with Gasteiger partial charge in [-0.2, -0.15) is 0 Å². The van der Waals surface area contributed by atoms with Crippen LogP contribution in [0.5, 0.6) is 0 Å². The molecule has 7 nitrogen and oxygen atoms in total. The van der Waals surface area contributed by atoms with Crippen LogP contribution in [0.2, 0.25) is 0 Å². The summed E-state index contributed by atoms with van der Waals surface area (Å²) in [6, 6.07) is 0. The Morgan fingerprint density at radius 1 is 1.36 bits per heavy atom. The van der Waals surface area contributed by atoms with Crippen LogP contribution >= 0.6 is 0 Å². The van der Waals surface area contributed by atoms with Gasteiger partial charge in [0.2, 0.25) is 6.29 Å². The standard InChI is InChI=1S/C18H28O7/c1-4-18(3)7-5-6-10(2)11(18)8-13(20)25-17-16(23)15(22)14(21)12(9-19)24-17/h4,12,14-17,19,21-23H,1,5-9H2,2-3H3/t12-,14-,15+,16-,17+,18?/m1/s1. The molecule has 0 saturated carbocycles. The summed E-state index contributed by atoms with van der Waals surface area (Å²) < 4.78 is 10.4. The van der Waals surface area contributed by atoms with Gasteiger partial charge in [-0.05, 0) is 26.2 Å². The van der Waals surface area contributed by atoms with E-state index in [0.717, 1.165) is 30.4 Å². The highest BCUT2D eigenvalue weighted by Crippen LogP contribution is 2.43. The molecule has 7 heteroatoms. The van der Waals surface area contributed by atoms with Crippen molar-refractivity contribution >= 4 is 5.97 Å². The number of hydrogen-bond acceptors (Lipinski definition) is 7. The van der Waals surface area contributed by atoms with Crippen molar-refractivity contribution in [1.29, 1.82) is 0 Å². The second-order valence-corrected chi connectivity index (χ2v) is 7.10. The summed E-state index contributed by atoms with van der Waals surface area (Å²) in [5.41, 5.74) is 1.79. The fraction of sp³-hybridized carbons (Fsp3) is 0.722. The molecule has 0 aromatic carbocycles. The van der Waals surface area contributed by atoms with E-state index in [-0.39, 0.29) is 11.8 Å². The maximum atomic E-state index is 12.4. The zero-order chi connectivity index (χ0) is 18.8. The van der Waals surface area contributed by atoms with Crippen LogP contribution in [0.15, 0.2) is 23.8 Å². The first-order chi connectivity index (χ1) is 11.7. The first-order valence-electron chi connectivity index (χ1n) is 8.56. The lowest BCUT2D eigenvalue weighted by atomic mass is 9.70. The molecule has 1 fully saturated rings. The Labute approximate surface area is 147 Å². The molecule has 6 atom stereocenters. The third kappa shape index (κ3) is 4.12. The number of allylic oxidation sites excluding steroid dienone is 2. The molecule has 25 heavy (non-hydrogen) atoms. The van der Waals surface area contributed by atoms with Crippen LogP contribution in [-0.4, -0.2) is 63.7 Å². The normalized spacial score (nSPS) is 39.2. The van der Waals surface area contributed by atoms with Gasteiger partial charge in [0, 0.05) is 5.41 Å². The summed E-state index contributed by atoms with van der Waals surface area (Å²) >= 11 is 0. The first-order valence-corrected chi connectivity index (χ1v) is 8.56. The van der Waals surface area contributed by atoms with E-state index in [0.29, 0.717) is 0 Å². The number of hydrogen-bond donors (Lipinski definition) is 4. The topological polar surface area (TPSA) is 116 Å². The number of carbonyl (C=O) groups excluding carboxylic acids is 1. The van der Waals surface area contributed by atoms with Crippen molar-refractivity contribution in [3.8, 4) is 0 Å². The second kappa shape index (κ2) is 7.97. The van der Waals surface area contributed by atoms with Crippen molar-refractivity contribution < 1.29 is 34.7 Å². The molecule has 0 radical (unpaired) electrons. The van der Waals surface area contributed by atoms with Gasteiger partial charge >= 0.3 is 5.97 Å². The number of rotatable bonds is 5. The van der Waals surface area contributed by atoms with Gasteiger partial charge in [0.1, 0.15) is 24.4 Å². The molecule has 4 N–H and O–H groups in total. The van der Waals surface area contributed by atoms with Crippen LogP contribution in [0.1, 0.15) is 39.5 Å². The smallest absolute Gasteiger partial charge is 0.312 e. The van der Waals surface area contributed by atoms with Gasteiger partial charge in [-0.15, -0.1) is 6.58 Å². The van der Waals surface area contributed by atoms with Gasteiger partial charge in [0.05, 0.1) is 13.0 Å². The van der Waals surface area contributed by atoms with E-state index in [9.17, 15) is 25.2 Å². The number of esters is 1. The van der Waals surface area contributed by atoms with Gasteiger partial charge in [0.15, 0.2) is 0 Å². The lowest BCUT2D eigenvalue weighted by Crippen LogP contribution is -2.59. The summed E-state index contributed by atoms with van der Waals surface area (Å²) in [7, 11) is 0. The van der Waals surface area contributed by atoms with E-state index >= 15 is 0 Å². The van der Waals surface area contributed by atoms with Gasteiger partial charge in [-0.3, -0.25) is 4.79 Å². The van der Waals surface area contributed by atoms with Crippen molar-refractivity contribution in [1.82, 2.24) is 0 Å². The van der Waals surface area contributed by atoms with Crippen molar-refractivity contribution in [3.63, 3.8) is 0 Å². The van der Waals surface area contributed by atoms with Crippen LogP contribution in [0.4, 0.5) is 0 Å². The molecule has 1 heterocycles. The molecule has 1 saturated heterocycles. The fourth-order valence-electron chi connectivity index (χ4n) is 3.57. The third-order valence-electron chi connectivity index (χ3n) is 5.32. The molecular formula is C18H28O7. The SMILES string of the molecule is C=CC1(C)CCCC(C)=C1CC(=O)O[C@@H]1O[C@H](CO)[C@@H](O)[C@H](O)[C@H]1O. The Morgan fingerprint density at radius 2 is 2.04 bits per heavy atom. The molecule has 2 rings (SSSR count). The first kappa shape index (κ1) is 20.1. The highest BCUT2D eigenvalue weighted by atomic mass is 16.7. The van der Waals surface area contributed by atoms with Crippen LogP contribution in [0.25, 0.3) is 0 Å². The van der Waals surface area contributed by atoms with Crippen LogP contribution in [-0.2, 0) is 14.3 Å². The average Bonchev–Trinajstić information content (AvgIpc) is 2.59. The lowest BCUT2D eigenvalue weighted by molar-refractivity contribution is -0.292. The Balaban J connectivity index is 2.07. The van der Waals surface area contributed by atoms with Crippen LogP contribution < -0.4 is 0 Å². The molecular weight excluding hydrogens is 328 g/mol. The lowest BCUT2D eigenvalue weighted by Gasteiger charge is -2.39. The average molecular weight is 356 g/mol. The van der Waals surface area contributed by atoms with E-state index in [4.69, 9.17) is 9.47 Å². The number of aliphatic hydroxyl groups excluding tert-OH is 4. The van der Waals surface area contributed by atoms with Crippen molar-refractivity contribution in [2.24, 2.45) is 5.41 Å². The molecule has 0 aromatic rings. The predicted octanol–water partition coefficient (Wildman–Crippen LogP) is 0.412. The summed E-state index contributed by atoms with van der Waals surface area (Å²) in [4.78, 5) is 12.4. The van der Waals surface area contributed by atoms with Gasteiger partial charge in [0.25, 0.3) is 0 Å². The van der Waals surface area contributed by atoms with Crippen molar-refractivity contribution in [3.05, 3.63) is 23.8 Å². The Bertz CT molecular complexity index is 542. The molecule has 0 aromatic heterocycles. The van der Waals surface area contributed by atoms with E-state index in [1.54, 1.807) is 0 Å². The number of ether oxygens (including phenoxy) is 2. The summed E-state index contributed by atoms with van der Waals surface area (Å²) in [6.45, 7) is 7.31. The van der Waals surface area contributed by atoms with E-state index in [2.05, 4.69) is 6.58 Å². The molecule has 1 aliphatic carbocycles. The Kier molecular flexibility index (Phi) is 6.40. The quantitative estimate of drug-likeness (QED) is 0.416. The zero-order valence-corrected chi connectivity index (χ0v) is 14.7. The predicted molar refractivity (Wildman–Crippen MR) is 89.3 cm³/mol. The zero-order valence-electron chi connectivity index (χ0n) is 14.7. The maximum absolute atomic E-state index is 12.4. The Hall–Kier alpha value is -1.25. The van der Waals surface area contributed by atoms with Crippen molar-refractivity contribution in [2.45, 2.75) is 70.2 Å². The van der Waals surface area contributed by atoms with Crippen LogP contribution in [0.3, 0.4) is 0 Å². The van der Waals surface area contributed by atoms with E-state index in [1.807, 2.05) is 19.9 Å². The minimum atomic E-state index is -1.59. The Morgan fingerprint density at radius 3 is 2.64 bits per heavy atom. The largest absolute Gasteiger partial charge is 0.432 e. The second-order valence-electron chi connectivity index (χ2n) is 7.10. The summed E-state index contributed by atoms with van der Waals surface area (Å²) in [6.07, 6.45) is -2.49. The molecule has 1 unspecified atom stereocenters. The van der Waals surface area contributed by atoms with Crippen LogP contribution in [0, 0.1) is 5.41 Å². The highest BCUT2D eigenvalue weighted by Gasteiger charge is 2.45. The maximum Gasteiger partial charge on any atom is 0.312 e. The molecule has 0 spiro atoms. The van der Waals surface area contributed by atoms with Gasteiger partial charge in [-0.25, -0.2) is 0 Å². The molecule has 2 aliphatic rings. The van der Waals surface area contributed by atoms with Gasteiger partial charge < -0.3 is 29.9 Å². The number of aliphatic hydroxyl groups is 4. The summed E-state index contributed by atoms with van der Waals surface area (Å²) in [5, 5.41) is 38.6. The molecule has 142 valence electrons. The van der Waals surface area contributed by atoms with E-state index < -0.39 is 43.3 Å². The monoisotopic (exact) mass is 356 g/mol. The molecule has 1 aliphatic heterocycles. The van der Waals surface area contributed by atoms with E-state index in [1.165, 1.54) is 0 Å². The third-order valence-corrected chi connectivity index (χ3v) is 5.32. The number of carbonyl (C=O) groups is 1. The highest BCUT2D eigenvalue weighted by molar-refractivity contribution is 5.73. The minimum absolute atomic E-state index is 0.0311. The molecule has 0 amide bonds. The fourth-order valence-corrected chi connectivity index (χ4v) is 3.57. The van der Waals surface area contributed by atoms with Crippen molar-refractivity contribution in [2.75, 3.05) is 6.61 Å². The minimum Gasteiger partial charge on any atom is -0.432 e. The summed E-state index contributed by atoms with van der Waals surface area (Å²) in [5.74, 6) is -0.603. The molecule has 0 bridgehead atoms.